The zero-order valence-electron chi connectivity index (χ0n) is 16.9. The molecule has 4 rings (SSSR count). The van der Waals surface area contributed by atoms with Gasteiger partial charge in [0.1, 0.15) is 0 Å². The Morgan fingerprint density at radius 3 is 2.72 bits per heavy atom. The Hall–Kier alpha value is -2.19. The summed E-state index contributed by atoms with van der Waals surface area (Å²) in [5, 5.41) is 3.47. The number of nitrogens with one attached hydrogen (secondary N) is 2. The third-order valence-corrected chi connectivity index (χ3v) is 5.76. The molecule has 8 nitrogen and oxygen atoms in total. The zero-order chi connectivity index (χ0) is 19.8. The summed E-state index contributed by atoms with van der Waals surface area (Å²) in [6, 6.07) is 2.03. The Labute approximate surface area is 175 Å². The number of amides is 1. The summed E-state index contributed by atoms with van der Waals surface area (Å²) in [6.07, 6.45) is 4.74. The highest BCUT2D eigenvalue weighted by Gasteiger charge is 2.31. The summed E-state index contributed by atoms with van der Waals surface area (Å²) in [5.74, 6) is 0.160. The lowest BCUT2D eigenvalue weighted by Crippen LogP contribution is -2.47. The predicted molar refractivity (Wildman–Crippen MR) is 114 cm³/mol. The van der Waals surface area contributed by atoms with Gasteiger partial charge in [-0.25, -0.2) is 9.78 Å². The Morgan fingerprint density at radius 1 is 1.31 bits per heavy atom. The van der Waals surface area contributed by atoms with Crippen molar-refractivity contribution in [3.05, 3.63) is 38.2 Å². The van der Waals surface area contributed by atoms with Gasteiger partial charge in [-0.15, -0.1) is 12.4 Å². The minimum absolute atomic E-state index is 0. The number of aromatic nitrogens is 3. The van der Waals surface area contributed by atoms with E-state index in [4.69, 9.17) is 0 Å². The van der Waals surface area contributed by atoms with Crippen LogP contribution < -0.4 is 16.6 Å². The van der Waals surface area contributed by atoms with Crippen molar-refractivity contribution in [3.8, 4) is 0 Å². The summed E-state index contributed by atoms with van der Waals surface area (Å²) in [4.78, 5) is 47.3. The lowest BCUT2D eigenvalue weighted by molar-refractivity contribution is 0.0700. The molecule has 2 aliphatic rings. The second-order valence-corrected chi connectivity index (χ2v) is 7.86. The Balaban J connectivity index is 0.00000240. The average Bonchev–Trinajstić information content (AvgIpc) is 3.55. The normalized spacial score (nSPS) is 19.2. The summed E-state index contributed by atoms with van der Waals surface area (Å²) >= 11 is 0. The molecule has 2 aromatic heterocycles. The van der Waals surface area contributed by atoms with Crippen molar-refractivity contribution in [2.75, 3.05) is 20.1 Å². The molecule has 1 amide bonds. The number of carbonyl (C=O) groups excluding carboxylic acids is 1. The molecule has 1 saturated heterocycles. The number of hydrogen-bond donors (Lipinski definition) is 2. The predicted octanol–water partition coefficient (Wildman–Crippen LogP) is 1.62. The molecule has 0 aromatic carbocycles. The number of piperidine rings is 1. The van der Waals surface area contributed by atoms with Gasteiger partial charge in [0, 0.05) is 37.3 Å². The second kappa shape index (κ2) is 8.67. The minimum atomic E-state index is -0.535. The van der Waals surface area contributed by atoms with Crippen molar-refractivity contribution < 1.29 is 4.79 Å². The molecule has 1 aliphatic carbocycles. The van der Waals surface area contributed by atoms with Gasteiger partial charge in [-0.3, -0.25) is 19.1 Å². The number of pyridine rings is 1. The van der Waals surface area contributed by atoms with E-state index < -0.39 is 11.2 Å². The van der Waals surface area contributed by atoms with Crippen LogP contribution in [0.3, 0.4) is 0 Å². The van der Waals surface area contributed by atoms with Crippen LogP contribution in [0.4, 0.5) is 0 Å². The molecule has 2 aromatic rings. The van der Waals surface area contributed by atoms with Crippen molar-refractivity contribution in [2.24, 2.45) is 0 Å². The van der Waals surface area contributed by atoms with Gasteiger partial charge in [-0.1, -0.05) is 6.92 Å². The first-order valence-electron chi connectivity index (χ1n) is 10.2. The molecule has 0 radical (unpaired) electrons. The topological polar surface area (TPSA) is 100 Å². The van der Waals surface area contributed by atoms with Gasteiger partial charge in [0.15, 0.2) is 5.65 Å². The highest BCUT2D eigenvalue weighted by molar-refractivity contribution is 6.05. The average molecular weight is 422 g/mol. The number of aromatic amines is 1. The molecule has 158 valence electrons. The van der Waals surface area contributed by atoms with E-state index in [0.717, 1.165) is 37.8 Å². The molecule has 2 fully saturated rings. The standard InChI is InChI=1S/C20H27N5O3.ClH/c1-3-8-25-17-16(18(26)23-20(25)28)14(10-15(22-17)12-6-7-12)19(27)24-9-4-5-13(11-24)21-2;/h10,12-13,21H,3-9,11H2,1-2H3,(H,23,26,28);1H. The number of fused-ring (bicyclic) bond motifs is 1. The van der Waals surface area contributed by atoms with Crippen LogP contribution in [0.2, 0.25) is 0 Å². The Morgan fingerprint density at radius 2 is 2.07 bits per heavy atom. The maximum absolute atomic E-state index is 13.4. The molecule has 9 heteroatoms. The molecule has 0 spiro atoms. The number of carbonyl (C=O) groups is 1. The van der Waals surface area contributed by atoms with E-state index in [1.54, 1.807) is 6.07 Å². The number of likely N-dealkylation sites (N-methyl/N-ethyl adjacent to an activating group) is 1. The maximum atomic E-state index is 13.4. The molecule has 1 unspecified atom stereocenters. The van der Waals surface area contributed by atoms with E-state index in [1.165, 1.54) is 4.57 Å². The third-order valence-electron chi connectivity index (χ3n) is 5.76. The Kier molecular flexibility index (Phi) is 6.43. The van der Waals surface area contributed by atoms with E-state index in [2.05, 4.69) is 15.3 Å². The molecule has 3 heterocycles. The van der Waals surface area contributed by atoms with Crippen molar-refractivity contribution in [3.63, 3.8) is 0 Å². The molecule has 1 aliphatic heterocycles. The first-order chi connectivity index (χ1) is 13.5. The van der Waals surface area contributed by atoms with Crippen LogP contribution in [-0.4, -0.2) is 51.5 Å². The minimum Gasteiger partial charge on any atom is -0.337 e. The fourth-order valence-electron chi connectivity index (χ4n) is 4.05. The van der Waals surface area contributed by atoms with Crippen LogP contribution in [0.5, 0.6) is 0 Å². The van der Waals surface area contributed by atoms with Crippen LogP contribution in [-0.2, 0) is 6.54 Å². The number of H-pyrrole nitrogens is 1. The lowest BCUT2D eigenvalue weighted by atomic mass is 10.0. The van der Waals surface area contributed by atoms with E-state index in [-0.39, 0.29) is 29.7 Å². The summed E-state index contributed by atoms with van der Waals surface area (Å²) in [7, 11) is 1.90. The van der Waals surface area contributed by atoms with Gasteiger partial charge in [-0.2, -0.15) is 0 Å². The number of aryl methyl sites for hydroxylation is 1. The van der Waals surface area contributed by atoms with Gasteiger partial charge >= 0.3 is 5.69 Å². The van der Waals surface area contributed by atoms with E-state index in [1.807, 2.05) is 18.9 Å². The molecular formula is C20H28ClN5O3. The number of rotatable bonds is 5. The first-order valence-corrected chi connectivity index (χ1v) is 10.2. The van der Waals surface area contributed by atoms with Crippen molar-refractivity contribution in [1.29, 1.82) is 0 Å². The van der Waals surface area contributed by atoms with Gasteiger partial charge in [0.05, 0.1) is 10.9 Å². The fraction of sp³-hybridized carbons (Fsp3) is 0.600. The van der Waals surface area contributed by atoms with Gasteiger partial charge < -0.3 is 10.2 Å². The SMILES string of the molecule is CCCn1c(=O)[nH]c(=O)c2c(C(=O)N3CCCC(NC)C3)cc(C3CC3)nc21.Cl. The largest absolute Gasteiger partial charge is 0.337 e. The maximum Gasteiger partial charge on any atom is 0.329 e. The summed E-state index contributed by atoms with van der Waals surface area (Å²) < 4.78 is 1.49. The van der Waals surface area contributed by atoms with Crippen LogP contribution in [0, 0.1) is 0 Å². The molecule has 2 N–H and O–H groups in total. The molecule has 1 atom stereocenters. The van der Waals surface area contributed by atoms with Gasteiger partial charge in [-0.05, 0) is 45.2 Å². The summed E-state index contributed by atoms with van der Waals surface area (Å²) in [5.41, 5.74) is 0.521. The van der Waals surface area contributed by atoms with Gasteiger partial charge in [0.2, 0.25) is 0 Å². The second-order valence-electron chi connectivity index (χ2n) is 7.86. The number of hydrogen-bond acceptors (Lipinski definition) is 5. The van der Waals surface area contributed by atoms with Gasteiger partial charge in [0.25, 0.3) is 11.5 Å². The number of halogens is 1. The van der Waals surface area contributed by atoms with Crippen LogP contribution >= 0.6 is 12.4 Å². The highest BCUT2D eigenvalue weighted by Crippen LogP contribution is 2.40. The lowest BCUT2D eigenvalue weighted by Gasteiger charge is -2.32. The Bertz CT molecular complexity index is 1030. The molecule has 1 saturated carbocycles. The molecular weight excluding hydrogens is 394 g/mol. The zero-order valence-corrected chi connectivity index (χ0v) is 17.7. The van der Waals surface area contributed by atoms with E-state index in [9.17, 15) is 14.4 Å². The van der Waals surface area contributed by atoms with Crippen LogP contribution in [0.15, 0.2) is 15.7 Å². The van der Waals surface area contributed by atoms with Crippen molar-refractivity contribution >= 4 is 29.3 Å². The molecule has 29 heavy (non-hydrogen) atoms. The van der Waals surface area contributed by atoms with Crippen LogP contribution in [0.25, 0.3) is 11.0 Å². The van der Waals surface area contributed by atoms with Crippen molar-refractivity contribution in [2.45, 2.75) is 57.5 Å². The quantitative estimate of drug-likeness (QED) is 0.764. The third kappa shape index (κ3) is 4.09. The number of likely N-dealkylation sites (tertiary alicyclic amines) is 1. The first kappa shape index (κ1) is 21.5. The van der Waals surface area contributed by atoms with Crippen LogP contribution in [0.1, 0.15) is 61.0 Å². The number of nitrogens with zero attached hydrogens (tertiary/aromatic N) is 3. The summed E-state index contributed by atoms with van der Waals surface area (Å²) in [6.45, 7) is 3.70. The van der Waals surface area contributed by atoms with E-state index in [0.29, 0.717) is 36.8 Å². The van der Waals surface area contributed by atoms with Crippen molar-refractivity contribution in [1.82, 2.24) is 24.8 Å². The van der Waals surface area contributed by atoms with E-state index >= 15 is 0 Å². The molecule has 0 bridgehead atoms. The smallest absolute Gasteiger partial charge is 0.329 e. The monoisotopic (exact) mass is 421 g/mol. The highest BCUT2D eigenvalue weighted by atomic mass is 35.5. The fourth-order valence-corrected chi connectivity index (χ4v) is 4.05.